The van der Waals surface area contributed by atoms with Crippen molar-refractivity contribution in [3.05, 3.63) is 53.7 Å². The molecule has 0 atom stereocenters. The molecule has 106 valence electrons. The normalized spacial score (nSPS) is 13.1. The molecule has 2 aromatic heterocycles. The summed E-state index contributed by atoms with van der Waals surface area (Å²) in [4.78, 5) is 0. The second-order valence-corrected chi connectivity index (χ2v) is 5.05. The van der Waals surface area contributed by atoms with Crippen LogP contribution in [0.15, 0.2) is 42.6 Å². The highest BCUT2D eigenvalue weighted by Gasteiger charge is 2.12. The van der Waals surface area contributed by atoms with Gasteiger partial charge in [-0.3, -0.25) is 4.40 Å². The van der Waals surface area contributed by atoms with Crippen molar-refractivity contribution < 1.29 is 9.47 Å². The van der Waals surface area contributed by atoms with Gasteiger partial charge in [-0.05, 0) is 29.3 Å². The first-order valence-corrected chi connectivity index (χ1v) is 7.07. The molecule has 0 bridgehead atoms. The van der Waals surface area contributed by atoms with Crippen LogP contribution in [0.5, 0.6) is 11.8 Å². The molecular weight excluding hydrogens is 266 g/mol. The van der Waals surface area contributed by atoms with Crippen LogP contribution in [0, 0.1) is 0 Å². The van der Waals surface area contributed by atoms with Gasteiger partial charge >= 0.3 is 6.01 Å². The zero-order valence-corrected chi connectivity index (χ0v) is 11.5. The maximum atomic E-state index is 5.74. The Labute approximate surface area is 122 Å². The molecule has 1 aromatic carbocycles. The van der Waals surface area contributed by atoms with Gasteiger partial charge in [0.1, 0.15) is 5.75 Å². The summed E-state index contributed by atoms with van der Waals surface area (Å²) in [5.41, 5.74) is 3.34. The van der Waals surface area contributed by atoms with Crippen molar-refractivity contribution >= 4 is 5.65 Å². The highest BCUT2D eigenvalue weighted by Crippen LogP contribution is 2.26. The van der Waals surface area contributed by atoms with Crippen LogP contribution in [0.25, 0.3) is 5.65 Å². The topological polar surface area (TPSA) is 48.7 Å². The Hall–Kier alpha value is -2.56. The number of nitrogens with zero attached hydrogens (tertiary/aromatic N) is 3. The molecule has 0 saturated heterocycles. The van der Waals surface area contributed by atoms with Crippen LogP contribution in [-0.4, -0.2) is 27.8 Å². The number of rotatable bonds is 4. The molecule has 1 aliphatic heterocycles. The van der Waals surface area contributed by atoms with E-state index in [9.17, 15) is 0 Å². The summed E-state index contributed by atoms with van der Waals surface area (Å²) in [6.45, 7) is 1.37. The lowest BCUT2D eigenvalue weighted by molar-refractivity contribution is 0.293. The maximum Gasteiger partial charge on any atom is 0.321 e. The Kier molecular flexibility index (Phi) is 2.96. The fourth-order valence-electron chi connectivity index (χ4n) is 2.57. The third kappa shape index (κ3) is 2.31. The van der Waals surface area contributed by atoms with E-state index in [2.05, 4.69) is 22.3 Å². The van der Waals surface area contributed by atoms with Crippen molar-refractivity contribution in [2.24, 2.45) is 0 Å². The van der Waals surface area contributed by atoms with E-state index < -0.39 is 0 Å². The molecule has 0 saturated carbocycles. The fourth-order valence-corrected chi connectivity index (χ4v) is 2.57. The minimum atomic E-state index is 0.537. The van der Waals surface area contributed by atoms with Crippen LogP contribution in [0.2, 0.25) is 0 Å². The van der Waals surface area contributed by atoms with Gasteiger partial charge in [0, 0.05) is 19.0 Å². The summed E-state index contributed by atoms with van der Waals surface area (Å²) in [6.07, 6.45) is 3.74. The van der Waals surface area contributed by atoms with Crippen molar-refractivity contribution in [2.45, 2.75) is 12.8 Å². The molecule has 3 aromatic rings. The highest BCUT2D eigenvalue weighted by molar-refractivity contribution is 5.40. The predicted molar refractivity (Wildman–Crippen MR) is 77.8 cm³/mol. The van der Waals surface area contributed by atoms with Gasteiger partial charge in [0.05, 0.1) is 13.2 Å². The Morgan fingerprint density at radius 3 is 3.19 bits per heavy atom. The maximum absolute atomic E-state index is 5.74. The van der Waals surface area contributed by atoms with Gasteiger partial charge in [0.25, 0.3) is 0 Å². The molecule has 0 aliphatic carbocycles. The van der Waals surface area contributed by atoms with Crippen LogP contribution in [0.1, 0.15) is 11.1 Å². The Morgan fingerprint density at radius 2 is 2.19 bits per heavy atom. The lowest BCUT2D eigenvalue weighted by atomic mass is 10.1. The van der Waals surface area contributed by atoms with Gasteiger partial charge in [-0.25, -0.2) is 0 Å². The smallest absolute Gasteiger partial charge is 0.321 e. The number of ether oxygens (including phenoxy) is 2. The molecule has 0 fully saturated rings. The van der Waals surface area contributed by atoms with E-state index in [4.69, 9.17) is 9.47 Å². The number of fused-ring (bicyclic) bond motifs is 2. The molecule has 21 heavy (non-hydrogen) atoms. The molecule has 0 spiro atoms. The van der Waals surface area contributed by atoms with E-state index in [0.717, 1.165) is 30.8 Å². The quantitative estimate of drug-likeness (QED) is 0.736. The van der Waals surface area contributed by atoms with E-state index in [1.165, 1.54) is 11.1 Å². The van der Waals surface area contributed by atoms with E-state index >= 15 is 0 Å². The Balaban J connectivity index is 1.43. The molecule has 5 nitrogen and oxygen atoms in total. The van der Waals surface area contributed by atoms with Gasteiger partial charge in [-0.1, -0.05) is 23.3 Å². The Bertz CT molecular complexity index is 782. The van der Waals surface area contributed by atoms with Gasteiger partial charge in [-0.15, -0.1) is 5.10 Å². The molecule has 0 unspecified atom stereocenters. The van der Waals surface area contributed by atoms with Crippen molar-refractivity contribution in [1.82, 2.24) is 14.6 Å². The van der Waals surface area contributed by atoms with Gasteiger partial charge in [0.15, 0.2) is 5.65 Å². The highest BCUT2D eigenvalue weighted by atomic mass is 16.5. The van der Waals surface area contributed by atoms with Crippen LogP contribution < -0.4 is 9.47 Å². The standard InChI is InChI=1S/C16H15N3O2/c1-2-8-19-15(3-1)17-18-16(19)21-9-6-12-4-5-14-13(11-12)7-10-20-14/h1-5,8,11H,6-7,9-10H2. The first kappa shape index (κ1) is 12.2. The van der Waals surface area contributed by atoms with E-state index in [0.29, 0.717) is 12.6 Å². The summed E-state index contributed by atoms with van der Waals surface area (Å²) < 4.78 is 13.1. The summed E-state index contributed by atoms with van der Waals surface area (Å²) in [6, 6.07) is 12.6. The molecule has 0 radical (unpaired) electrons. The first-order chi connectivity index (χ1) is 10.4. The van der Waals surface area contributed by atoms with Crippen molar-refractivity contribution in [2.75, 3.05) is 13.2 Å². The van der Waals surface area contributed by atoms with Crippen molar-refractivity contribution in [3.63, 3.8) is 0 Å². The zero-order valence-electron chi connectivity index (χ0n) is 11.5. The number of aromatic nitrogens is 3. The molecule has 0 N–H and O–H groups in total. The SMILES string of the molecule is c1ccn2c(OCCc3ccc4c(c3)CCO4)nnc2c1. The summed E-state index contributed by atoms with van der Waals surface area (Å²) >= 11 is 0. The van der Waals surface area contributed by atoms with E-state index in [1.807, 2.05) is 34.9 Å². The minimum Gasteiger partial charge on any atom is -0.493 e. The third-order valence-electron chi connectivity index (χ3n) is 3.66. The largest absolute Gasteiger partial charge is 0.493 e. The second-order valence-electron chi connectivity index (χ2n) is 5.05. The molecule has 3 heterocycles. The fraction of sp³-hybridized carbons (Fsp3) is 0.250. The van der Waals surface area contributed by atoms with E-state index in [1.54, 1.807) is 0 Å². The second kappa shape index (κ2) is 5.09. The molecular formula is C16H15N3O2. The molecule has 5 heteroatoms. The minimum absolute atomic E-state index is 0.537. The average Bonchev–Trinajstić information content (AvgIpc) is 3.14. The van der Waals surface area contributed by atoms with Gasteiger partial charge in [0.2, 0.25) is 0 Å². The number of benzene rings is 1. The van der Waals surface area contributed by atoms with Gasteiger partial charge < -0.3 is 9.47 Å². The van der Waals surface area contributed by atoms with Crippen LogP contribution in [-0.2, 0) is 12.8 Å². The van der Waals surface area contributed by atoms with Crippen molar-refractivity contribution in [3.8, 4) is 11.8 Å². The zero-order chi connectivity index (χ0) is 14.1. The lowest BCUT2D eigenvalue weighted by Gasteiger charge is -2.05. The van der Waals surface area contributed by atoms with Crippen LogP contribution in [0.3, 0.4) is 0 Å². The van der Waals surface area contributed by atoms with Crippen LogP contribution in [0.4, 0.5) is 0 Å². The van der Waals surface area contributed by atoms with Gasteiger partial charge in [-0.2, -0.15) is 0 Å². The molecule has 1 aliphatic rings. The average molecular weight is 281 g/mol. The number of pyridine rings is 1. The molecule has 4 rings (SSSR count). The lowest BCUT2D eigenvalue weighted by Crippen LogP contribution is -2.04. The monoisotopic (exact) mass is 281 g/mol. The van der Waals surface area contributed by atoms with E-state index in [-0.39, 0.29) is 0 Å². The predicted octanol–water partition coefficient (Wildman–Crippen LogP) is 2.29. The number of hydrogen-bond acceptors (Lipinski definition) is 4. The van der Waals surface area contributed by atoms with Crippen molar-refractivity contribution in [1.29, 1.82) is 0 Å². The molecule has 0 amide bonds. The third-order valence-corrected chi connectivity index (χ3v) is 3.66. The van der Waals surface area contributed by atoms with Crippen LogP contribution >= 0.6 is 0 Å². The summed E-state index contributed by atoms with van der Waals surface area (Å²) in [5.74, 6) is 1.02. The number of hydrogen-bond donors (Lipinski definition) is 0. The summed E-state index contributed by atoms with van der Waals surface area (Å²) in [5, 5.41) is 8.12. The first-order valence-electron chi connectivity index (χ1n) is 7.07. The summed E-state index contributed by atoms with van der Waals surface area (Å²) in [7, 11) is 0. The Morgan fingerprint density at radius 1 is 1.19 bits per heavy atom.